The van der Waals surface area contributed by atoms with Gasteiger partial charge in [-0.3, -0.25) is 4.79 Å². The molecule has 1 aliphatic carbocycles. The average Bonchev–Trinajstić information content (AvgIpc) is 2.85. The Morgan fingerprint density at radius 1 is 0.870 bits per heavy atom. The van der Waals surface area contributed by atoms with E-state index in [0.29, 0.717) is 17.4 Å². The highest BCUT2D eigenvalue weighted by molar-refractivity contribution is 5.94. The van der Waals surface area contributed by atoms with E-state index in [9.17, 15) is 4.79 Å². The van der Waals surface area contributed by atoms with Crippen molar-refractivity contribution in [3.63, 3.8) is 0 Å². The molecule has 3 nitrogen and oxygen atoms in total. The zero-order valence-electron chi connectivity index (χ0n) is 13.3. The number of ether oxygens (including phenoxy) is 1. The van der Waals surface area contributed by atoms with E-state index in [1.165, 1.54) is 25.7 Å². The van der Waals surface area contributed by atoms with Crippen molar-refractivity contribution in [3.8, 4) is 11.5 Å². The first-order valence-electron chi connectivity index (χ1n) is 8.45. The van der Waals surface area contributed by atoms with Gasteiger partial charge in [-0.15, -0.1) is 0 Å². The lowest BCUT2D eigenvalue weighted by molar-refractivity contribution is 0.0933. The Morgan fingerprint density at radius 2 is 1.57 bits per heavy atom. The van der Waals surface area contributed by atoms with Crippen LogP contribution in [0.2, 0.25) is 0 Å². The van der Waals surface area contributed by atoms with Crippen LogP contribution in [0.4, 0.5) is 0 Å². The first-order chi connectivity index (χ1) is 11.3. The van der Waals surface area contributed by atoms with Gasteiger partial charge in [0, 0.05) is 11.6 Å². The van der Waals surface area contributed by atoms with Gasteiger partial charge in [0.2, 0.25) is 0 Å². The average molecular weight is 309 g/mol. The Labute approximate surface area is 137 Å². The summed E-state index contributed by atoms with van der Waals surface area (Å²) in [6.07, 6.45) is 7.17. The number of carbonyl (C=O) groups excluding carboxylic acids is 1. The number of benzene rings is 2. The zero-order valence-corrected chi connectivity index (χ0v) is 13.3. The lowest BCUT2D eigenvalue weighted by Crippen LogP contribution is -2.34. The maximum atomic E-state index is 12.5. The molecule has 23 heavy (non-hydrogen) atoms. The van der Waals surface area contributed by atoms with Crippen LogP contribution in [0.25, 0.3) is 0 Å². The molecular weight excluding hydrogens is 286 g/mol. The van der Waals surface area contributed by atoms with Gasteiger partial charge in [0.25, 0.3) is 5.91 Å². The van der Waals surface area contributed by atoms with E-state index in [1.54, 1.807) is 6.07 Å². The van der Waals surface area contributed by atoms with Gasteiger partial charge in [-0.2, -0.15) is 0 Å². The quantitative estimate of drug-likeness (QED) is 0.813. The van der Waals surface area contributed by atoms with Gasteiger partial charge in [-0.25, -0.2) is 0 Å². The van der Waals surface area contributed by atoms with Gasteiger partial charge in [0.15, 0.2) is 0 Å². The van der Waals surface area contributed by atoms with Crippen LogP contribution in [0.3, 0.4) is 0 Å². The summed E-state index contributed by atoms with van der Waals surface area (Å²) >= 11 is 0. The monoisotopic (exact) mass is 309 g/mol. The van der Waals surface area contributed by atoms with E-state index in [-0.39, 0.29) is 5.91 Å². The Balaban J connectivity index is 1.65. The van der Waals surface area contributed by atoms with Crippen LogP contribution < -0.4 is 10.1 Å². The van der Waals surface area contributed by atoms with Crippen LogP contribution in [0.5, 0.6) is 11.5 Å². The minimum Gasteiger partial charge on any atom is -0.457 e. The van der Waals surface area contributed by atoms with E-state index in [2.05, 4.69) is 5.32 Å². The van der Waals surface area contributed by atoms with Crippen molar-refractivity contribution in [3.05, 3.63) is 60.2 Å². The van der Waals surface area contributed by atoms with E-state index in [1.807, 2.05) is 48.5 Å². The molecule has 3 rings (SSSR count). The highest BCUT2D eigenvalue weighted by atomic mass is 16.5. The van der Waals surface area contributed by atoms with Crippen LogP contribution in [0.1, 0.15) is 48.9 Å². The molecular formula is C20H23NO2. The van der Waals surface area contributed by atoms with E-state index in [4.69, 9.17) is 4.74 Å². The second kappa shape index (κ2) is 7.82. The Bertz CT molecular complexity index is 631. The molecule has 0 radical (unpaired) electrons. The molecule has 1 N–H and O–H groups in total. The molecule has 3 heteroatoms. The molecule has 0 aromatic heterocycles. The fraction of sp³-hybridized carbons (Fsp3) is 0.350. The van der Waals surface area contributed by atoms with Gasteiger partial charge < -0.3 is 10.1 Å². The molecule has 120 valence electrons. The zero-order chi connectivity index (χ0) is 15.9. The second-order valence-corrected chi connectivity index (χ2v) is 6.10. The number of hydrogen-bond acceptors (Lipinski definition) is 2. The molecule has 0 atom stereocenters. The summed E-state index contributed by atoms with van der Waals surface area (Å²) in [5.41, 5.74) is 0.655. The van der Waals surface area contributed by atoms with Crippen LogP contribution in [-0.4, -0.2) is 11.9 Å². The summed E-state index contributed by atoms with van der Waals surface area (Å²) in [7, 11) is 0. The van der Waals surface area contributed by atoms with Crippen molar-refractivity contribution in [2.75, 3.05) is 0 Å². The second-order valence-electron chi connectivity index (χ2n) is 6.10. The van der Waals surface area contributed by atoms with Gasteiger partial charge in [-0.05, 0) is 43.2 Å². The van der Waals surface area contributed by atoms with E-state index >= 15 is 0 Å². The number of para-hydroxylation sites is 1. The first-order valence-corrected chi connectivity index (χ1v) is 8.45. The molecule has 1 saturated carbocycles. The van der Waals surface area contributed by atoms with E-state index in [0.717, 1.165) is 18.6 Å². The lowest BCUT2D eigenvalue weighted by atomic mass is 10.1. The van der Waals surface area contributed by atoms with Crippen LogP contribution in [0, 0.1) is 0 Å². The number of amides is 1. The van der Waals surface area contributed by atoms with Gasteiger partial charge in [-0.1, -0.05) is 49.9 Å². The van der Waals surface area contributed by atoms with E-state index < -0.39 is 0 Å². The SMILES string of the molecule is O=C(NC1CCCCCC1)c1cccc(Oc2ccccc2)c1. The molecule has 0 saturated heterocycles. The predicted molar refractivity (Wildman–Crippen MR) is 91.9 cm³/mol. The molecule has 0 spiro atoms. The van der Waals surface area contributed by atoms with Crippen molar-refractivity contribution >= 4 is 5.91 Å². The molecule has 1 aliphatic rings. The normalized spacial score (nSPS) is 15.7. The summed E-state index contributed by atoms with van der Waals surface area (Å²) in [6.45, 7) is 0. The summed E-state index contributed by atoms with van der Waals surface area (Å²) in [5.74, 6) is 1.45. The minimum absolute atomic E-state index is 0.00425. The third-order valence-corrected chi connectivity index (χ3v) is 4.27. The molecule has 0 heterocycles. The number of hydrogen-bond donors (Lipinski definition) is 1. The van der Waals surface area contributed by atoms with Crippen LogP contribution in [0.15, 0.2) is 54.6 Å². The highest BCUT2D eigenvalue weighted by Gasteiger charge is 2.16. The van der Waals surface area contributed by atoms with Gasteiger partial charge in [0.1, 0.15) is 11.5 Å². The number of nitrogens with one attached hydrogen (secondary N) is 1. The summed E-state index contributed by atoms with van der Waals surface area (Å²) in [4.78, 5) is 12.5. The lowest BCUT2D eigenvalue weighted by Gasteiger charge is -2.16. The van der Waals surface area contributed by atoms with Crippen LogP contribution >= 0.6 is 0 Å². The van der Waals surface area contributed by atoms with Crippen molar-refractivity contribution in [1.29, 1.82) is 0 Å². The molecule has 2 aromatic rings. The number of rotatable bonds is 4. The summed E-state index contributed by atoms with van der Waals surface area (Å²) < 4.78 is 5.80. The molecule has 0 bridgehead atoms. The molecule has 0 unspecified atom stereocenters. The third kappa shape index (κ3) is 4.59. The Morgan fingerprint density at radius 3 is 2.30 bits per heavy atom. The fourth-order valence-corrected chi connectivity index (χ4v) is 3.02. The minimum atomic E-state index is -0.00425. The molecule has 0 aliphatic heterocycles. The summed E-state index contributed by atoms with van der Waals surface area (Å²) in [6, 6.07) is 17.3. The third-order valence-electron chi connectivity index (χ3n) is 4.27. The van der Waals surface area contributed by atoms with Crippen molar-refractivity contribution in [2.24, 2.45) is 0 Å². The highest BCUT2D eigenvalue weighted by Crippen LogP contribution is 2.22. The largest absolute Gasteiger partial charge is 0.457 e. The smallest absolute Gasteiger partial charge is 0.251 e. The number of carbonyl (C=O) groups is 1. The van der Waals surface area contributed by atoms with Crippen molar-refractivity contribution < 1.29 is 9.53 Å². The fourth-order valence-electron chi connectivity index (χ4n) is 3.02. The first kappa shape index (κ1) is 15.6. The molecule has 1 fully saturated rings. The predicted octanol–water partition coefficient (Wildman–Crippen LogP) is 4.93. The Kier molecular flexibility index (Phi) is 5.30. The maximum Gasteiger partial charge on any atom is 0.251 e. The van der Waals surface area contributed by atoms with Crippen molar-refractivity contribution in [1.82, 2.24) is 5.32 Å². The maximum absolute atomic E-state index is 12.5. The molecule has 1 amide bonds. The van der Waals surface area contributed by atoms with Gasteiger partial charge in [0.05, 0.1) is 0 Å². The van der Waals surface area contributed by atoms with Gasteiger partial charge >= 0.3 is 0 Å². The molecule has 2 aromatic carbocycles. The summed E-state index contributed by atoms with van der Waals surface area (Å²) in [5, 5.41) is 3.17. The standard InChI is InChI=1S/C20H23NO2/c22-20(21-17-10-4-1-2-5-11-17)16-9-8-14-19(15-16)23-18-12-6-3-7-13-18/h3,6-9,12-15,17H,1-2,4-5,10-11H2,(H,21,22). The van der Waals surface area contributed by atoms with Crippen LogP contribution in [-0.2, 0) is 0 Å². The Hall–Kier alpha value is -2.29. The van der Waals surface area contributed by atoms with Crippen molar-refractivity contribution in [2.45, 2.75) is 44.6 Å². The topological polar surface area (TPSA) is 38.3 Å².